The van der Waals surface area contributed by atoms with Gasteiger partial charge >= 0.3 is 11.9 Å². The van der Waals surface area contributed by atoms with Crippen molar-refractivity contribution in [2.45, 2.75) is 20.8 Å². The lowest BCUT2D eigenvalue weighted by Gasteiger charge is -2.35. The van der Waals surface area contributed by atoms with Gasteiger partial charge < -0.3 is 24.0 Å². The smallest absolute Gasteiger partial charge is 0.355 e. The minimum atomic E-state index is -0.604. The summed E-state index contributed by atoms with van der Waals surface area (Å²) in [5.41, 5.74) is 3.08. The second kappa shape index (κ2) is 8.71. The molecule has 0 bridgehead atoms. The maximum atomic E-state index is 12.5. The van der Waals surface area contributed by atoms with E-state index in [9.17, 15) is 9.59 Å². The number of carbonyl (C=O) groups is 2. The van der Waals surface area contributed by atoms with Gasteiger partial charge in [-0.1, -0.05) is 6.07 Å². The van der Waals surface area contributed by atoms with Crippen LogP contribution in [0.3, 0.4) is 0 Å². The molecule has 0 spiro atoms. The van der Waals surface area contributed by atoms with E-state index in [1.54, 1.807) is 4.90 Å². The summed E-state index contributed by atoms with van der Waals surface area (Å²) in [7, 11) is 2.57. The first-order chi connectivity index (χ1) is 12.5. The van der Waals surface area contributed by atoms with Crippen LogP contribution in [0.25, 0.3) is 0 Å². The van der Waals surface area contributed by atoms with Crippen LogP contribution >= 0.6 is 0 Å². The van der Waals surface area contributed by atoms with E-state index < -0.39 is 11.9 Å². The molecule has 0 saturated heterocycles. The average Bonchev–Trinajstić information content (AvgIpc) is 2.68. The molecule has 0 aromatic heterocycles. The molecule has 1 aromatic carbocycles. The number of benzene rings is 1. The Hall–Kier alpha value is -2.54. The minimum Gasteiger partial charge on any atom is -0.466 e. The zero-order valence-electron chi connectivity index (χ0n) is 16.0. The highest BCUT2D eigenvalue weighted by Gasteiger charge is 2.33. The summed E-state index contributed by atoms with van der Waals surface area (Å²) in [5, 5.41) is 0. The lowest BCUT2D eigenvalue weighted by Crippen LogP contribution is -2.39. The first kappa shape index (κ1) is 19.8. The largest absolute Gasteiger partial charge is 0.466 e. The summed E-state index contributed by atoms with van der Waals surface area (Å²) in [4.78, 5) is 28.5. The molecule has 0 N–H and O–H groups in total. The number of anilines is 2. The second-order valence-electron chi connectivity index (χ2n) is 5.88. The maximum absolute atomic E-state index is 12.5. The molecule has 1 heterocycles. The van der Waals surface area contributed by atoms with Crippen molar-refractivity contribution in [3.05, 3.63) is 35.0 Å². The molecule has 7 heteroatoms. The Morgan fingerprint density at radius 2 is 1.81 bits per heavy atom. The van der Waals surface area contributed by atoms with Crippen molar-refractivity contribution < 1.29 is 23.8 Å². The summed E-state index contributed by atoms with van der Waals surface area (Å²) in [5.74, 6) is -1.20. The van der Waals surface area contributed by atoms with Gasteiger partial charge in [-0.3, -0.25) is 0 Å². The number of esters is 2. The van der Waals surface area contributed by atoms with E-state index in [-0.39, 0.29) is 24.6 Å². The van der Waals surface area contributed by atoms with E-state index in [2.05, 4.69) is 18.7 Å². The van der Waals surface area contributed by atoms with Gasteiger partial charge in [0.05, 0.1) is 37.8 Å². The van der Waals surface area contributed by atoms with Gasteiger partial charge in [-0.15, -0.1) is 0 Å². The van der Waals surface area contributed by atoms with Crippen LogP contribution in [0.15, 0.2) is 29.5 Å². The standard InChI is InChI=1S/C19H26N2O5/c1-6-20(7-2)15-9-8-13(3)10-16(15)21-12-26-11-14(18(22)24-4)17(21)19(23)25-5/h8-10H,6-7,11-12H2,1-5H3. The molecule has 142 valence electrons. The number of methoxy groups -OCH3 is 2. The van der Waals surface area contributed by atoms with E-state index in [0.717, 1.165) is 30.0 Å². The van der Waals surface area contributed by atoms with Crippen molar-refractivity contribution in [3.8, 4) is 0 Å². The first-order valence-electron chi connectivity index (χ1n) is 8.59. The number of rotatable bonds is 6. The second-order valence-corrected chi connectivity index (χ2v) is 5.88. The molecule has 0 radical (unpaired) electrons. The van der Waals surface area contributed by atoms with E-state index in [1.165, 1.54) is 14.2 Å². The fourth-order valence-electron chi connectivity index (χ4n) is 3.02. The number of aryl methyl sites for hydroxylation is 1. The highest BCUT2D eigenvalue weighted by Crippen LogP contribution is 2.35. The molecule has 0 unspecified atom stereocenters. The molecule has 0 fully saturated rings. The minimum absolute atomic E-state index is 0.0000254. The van der Waals surface area contributed by atoms with Gasteiger partial charge in [-0.2, -0.15) is 0 Å². The zero-order valence-corrected chi connectivity index (χ0v) is 16.0. The Bertz CT molecular complexity index is 710. The van der Waals surface area contributed by atoms with Crippen LogP contribution in [0.4, 0.5) is 11.4 Å². The molecule has 2 rings (SSSR count). The third-order valence-corrected chi connectivity index (χ3v) is 4.36. The monoisotopic (exact) mass is 362 g/mol. The van der Waals surface area contributed by atoms with E-state index in [4.69, 9.17) is 14.2 Å². The van der Waals surface area contributed by atoms with Crippen LogP contribution in [0.5, 0.6) is 0 Å². The van der Waals surface area contributed by atoms with Crippen molar-refractivity contribution in [3.63, 3.8) is 0 Å². The van der Waals surface area contributed by atoms with Crippen molar-refractivity contribution in [1.29, 1.82) is 0 Å². The van der Waals surface area contributed by atoms with Crippen LogP contribution in [0.1, 0.15) is 19.4 Å². The molecule has 1 aliphatic heterocycles. The van der Waals surface area contributed by atoms with Crippen molar-refractivity contribution in [1.82, 2.24) is 0 Å². The molecular formula is C19H26N2O5. The SMILES string of the molecule is CCN(CC)c1ccc(C)cc1N1COCC(C(=O)OC)=C1C(=O)OC. The molecule has 1 aliphatic rings. The predicted molar refractivity (Wildman–Crippen MR) is 99.1 cm³/mol. The normalized spacial score (nSPS) is 14.3. The molecular weight excluding hydrogens is 336 g/mol. The zero-order chi connectivity index (χ0) is 19.3. The number of nitrogens with zero attached hydrogens (tertiary/aromatic N) is 2. The van der Waals surface area contributed by atoms with Gasteiger partial charge in [0, 0.05) is 13.1 Å². The van der Waals surface area contributed by atoms with E-state index in [0.29, 0.717) is 0 Å². The number of hydrogen-bond acceptors (Lipinski definition) is 7. The third kappa shape index (κ3) is 3.83. The molecule has 0 aliphatic carbocycles. The summed E-state index contributed by atoms with van der Waals surface area (Å²) < 4.78 is 15.3. The van der Waals surface area contributed by atoms with Crippen LogP contribution in [0, 0.1) is 6.92 Å². The number of ether oxygens (including phenoxy) is 3. The quantitative estimate of drug-likeness (QED) is 0.719. The van der Waals surface area contributed by atoms with Crippen molar-refractivity contribution >= 4 is 23.3 Å². The van der Waals surface area contributed by atoms with Gasteiger partial charge in [0.15, 0.2) is 0 Å². The van der Waals surface area contributed by atoms with Crippen LogP contribution < -0.4 is 9.80 Å². The lowest BCUT2D eigenvalue weighted by molar-refractivity contribution is -0.140. The maximum Gasteiger partial charge on any atom is 0.355 e. The molecule has 0 saturated carbocycles. The van der Waals surface area contributed by atoms with Gasteiger partial charge in [0.1, 0.15) is 12.4 Å². The Balaban J connectivity index is 2.67. The predicted octanol–water partition coefficient (Wildman–Crippen LogP) is 2.24. The summed E-state index contributed by atoms with van der Waals surface area (Å²) in [6, 6.07) is 6.00. The van der Waals surface area contributed by atoms with Gasteiger partial charge in [-0.25, -0.2) is 9.59 Å². The molecule has 0 atom stereocenters. The summed E-state index contributed by atoms with van der Waals surface area (Å²) in [6.07, 6.45) is 0. The highest BCUT2D eigenvalue weighted by atomic mass is 16.5. The van der Waals surface area contributed by atoms with Crippen molar-refractivity contribution in [2.75, 3.05) is 50.4 Å². The summed E-state index contributed by atoms with van der Waals surface area (Å²) in [6.45, 7) is 7.87. The number of carbonyl (C=O) groups excluding carboxylic acids is 2. The van der Waals surface area contributed by atoms with Gasteiger partial charge in [0.2, 0.25) is 0 Å². The third-order valence-electron chi connectivity index (χ3n) is 4.36. The Morgan fingerprint density at radius 3 is 2.38 bits per heavy atom. The average molecular weight is 362 g/mol. The molecule has 1 aromatic rings. The topological polar surface area (TPSA) is 68.3 Å². The Labute approximate surface area is 154 Å². The summed E-state index contributed by atoms with van der Waals surface area (Å²) >= 11 is 0. The number of hydrogen-bond donors (Lipinski definition) is 0. The van der Waals surface area contributed by atoms with Crippen LogP contribution in [-0.2, 0) is 23.8 Å². The Morgan fingerprint density at radius 1 is 1.15 bits per heavy atom. The van der Waals surface area contributed by atoms with E-state index >= 15 is 0 Å². The first-order valence-corrected chi connectivity index (χ1v) is 8.59. The van der Waals surface area contributed by atoms with Crippen LogP contribution in [0.2, 0.25) is 0 Å². The fraction of sp³-hybridized carbons (Fsp3) is 0.474. The molecule has 7 nitrogen and oxygen atoms in total. The van der Waals surface area contributed by atoms with Crippen molar-refractivity contribution in [2.24, 2.45) is 0 Å². The van der Waals surface area contributed by atoms with Gasteiger partial charge in [0.25, 0.3) is 0 Å². The lowest BCUT2D eigenvalue weighted by atomic mass is 10.1. The highest BCUT2D eigenvalue weighted by molar-refractivity contribution is 6.04. The molecule has 26 heavy (non-hydrogen) atoms. The fourth-order valence-corrected chi connectivity index (χ4v) is 3.02. The Kier molecular flexibility index (Phi) is 6.63. The van der Waals surface area contributed by atoms with Gasteiger partial charge in [-0.05, 0) is 38.5 Å². The molecule has 0 amide bonds. The van der Waals surface area contributed by atoms with Crippen LogP contribution in [-0.4, -0.2) is 52.6 Å². The van der Waals surface area contributed by atoms with E-state index in [1.807, 2.05) is 25.1 Å².